The number of nitrogens with two attached hydrogens (primary N) is 1. The number of rotatable bonds is 4. The molecular weight excluding hydrogens is 248 g/mol. The van der Waals surface area contributed by atoms with Gasteiger partial charge in [0.1, 0.15) is 0 Å². The van der Waals surface area contributed by atoms with Crippen LogP contribution in [-0.2, 0) is 11.2 Å². The summed E-state index contributed by atoms with van der Waals surface area (Å²) in [7, 11) is 0. The molecule has 1 amide bonds. The smallest absolute Gasteiger partial charge is 0.230 e. The highest BCUT2D eigenvalue weighted by atomic mass is 16.2. The fourth-order valence-corrected chi connectivity index (χ4v) is 2.52. The van der Waals surface area contributed by atoms with Crippen molar-refractivity contribution in [2.45, 2.75) is 13.3 Å². The summed E-state index contributed by atoms with van der Waals surface area (Å²) < 4.78 is 0. The molecule has 1 unspecified atom stereocenters. The van der Waals surface area contributed by atoms with Gasteiger partial charge in [0.25, 0.3) is 0 Å². The van der Waals surface area contributed by atoms with Crippen molar-refractivity contribution in [2.24, 2.45) is 5.92 Å². The summed E-state index contributed by atoms with van der Waals surface area (Å²) in [6, 6.07) is 5.71. The average molecular weight is 268 g/mol. The predicted octanol–water partition coefficient (Wildman–Crippen LogP) is 3.09. The summed E-state index contributed by atoms with van der Waals surface area (Å²) in [5.74, 6) is 0.109. The Labute approximate surface area is 120 Å². The molecule has 0 bridgehead atoms. The van der Waals surface area contributed by atoms with Gasteiger partial charge in [-0.3, -0.25) is 4.79 Å². The molecule has 1 heterocycles. The molecule has 1 aliphatic heterocycles. The Morgan fingerprint density at radius 1 is 1.50 bits per heavy atom. The molecule has 0 saturated carbocycles. The van der Waals surface area contributed by atoms with Crippen LogP contribution >= 0.6 is 0 Å². The van der Waals surface area contributed by atoms with Gasteiger partial charge in [0.05, 0.1) is 6.54 Å². The van der Waals surface area contributed by atoms with E-state index in [1.807, 2.05) is 31.2 Å². The zero-order valence-electron chi connectivity index (χ0n) is 11.8. The Kier molecular flexibility index (Phi) is 4.08. The van der Waals surface area contributed by atoms with E-state index >= 15 is 0 Å². The number of amides is 1. The third-order valence-electron chi connectivity index (χ3n) is 3.54. The third kappa shape index (κ3) is 2.67. The first-order valence-corrected chi connectivity index (χ1v) is 6.70. The van der Waals surface area contributed by atoms with Crippen molar-refractivity contribution >= 4 is 17.3 Å². The van der Waals surface area contributed by atoms with Gasteiger partial charge in [0.15, 0.2) is 0 Å². The molecule has 2 rings (SSSR count). The number of carbonyl (C=O) groups is 1. The summed E-state index contributed by atoms with van der Waals surface area (Å²) in [5.41, 5.74) is 9.60. The molecule has 1 aromatic carbocycles. The minimum atomic E-state index is -0.0286. The highest BCUT2D eigenvalue weighted by Gasteiger charge is 2.29. The molecule has 0 aromatic heterocycles. The van der Waals surface area contributed by atoms with Gasteiger partial charge in [0.2, 0.25) is 5.91 Å². The van der Waals surface area contributed by atoms with Crippen LogP contribution in [0.25, 0.3) is 0 Å². The molecule has 0 fully saturated rings. The maximum absolute atomic E-state index is 12.4. The van der Waals surface area contributed by atoms with E-state index in [2.05, 4.69) is 13.2 Å². The van der Waals surface area contributed by atoms with E-state index in [0.29, 0.717) is 6.54 Å². The van der Waals surface area contributed by atoms with Crippen molar-refractivity contribution in [2.75, 3.05) is 17.2 Å². The van der Waals surface area contributed by atoms with Crippen molar-refractivity contribution in [3.63, 3.8) is 0 Å². The topological polar surface area (TPSA) is 46.3 Å². The first-order valence-electron chi connectivity index (χ1n) is 6.70. The van der Waals surface area contributed by atoms with E-state index in [-0.39, 0.29) is 11.8 Å². The van der Waals surface area contributed by atoms with Gasteiger partial charge in [-0.25, -0.2) is 0 Å². The van der Waals surface area contributed by atoms with E-state index in [4.69, 9.17) is 5.73 Å². The number of benzene rings is 1. The molecule has 1 atom stereocenters. The van der Waals surface area contributed by atoms with Gasteiger partial charge in [-0.15, -0.1) is 0 Å². The van der Waals surface area contributed by atoms with Crippen molar-refractivity contribution in [3.8, 4) is 0 Å². The number of allylic oxidation sites excluding steroid dienone is 2. The van der Waals surface area contributed by atoms with Gasteiger partial charge in [-0.2, -0.15) is 0 Å². The molecule has 0 radical (unpaired) electrons. The van der Waals surface area contributed by atoms with E-state index in [9.17, 15) is 4.79 Å². The molecule has 0 saturated heterocycles. The van der Waals surface area contributed by atoms with Crippen molar-refractivity contribution in [1.29, 1.82) is 0 Å². The monoisotopic (exact) mass is 268 g/mol. The van der Waals surface area contributed by atoms with E-state index in [1.165, 1.54) is 0 Å². The van der Waals surface area contributed by atoms with Crippen LogP contribution in [0.1, 0.15) is 12.5 Å². The minimum Gasteiger partial charge on any atom is -0.399 e. The molecule has 3 heteroatoms. The second kappa shape index (κ2) is 5.78. The van der Waals surface area contributed by atoms with Gasteiger partial charge < -0.3 is 10.6 Å². The molecular formula is C17H20N2O. The van der Waals surface area contributed by atoms with E-state index in [0.717, 1.165) is 28.9 Å². The Hall–Kier alpha value is -2.29. The molecule has 0 aliphatic carbocycles. The van der Waals surface area contributed by atoms with Crippen LogP contribution in [-0.4, -0.2) is 12.5 Å². The Bertz CT molecular complexity index is 587. The van der Waals surface area contributed by atoms with Crippen LogP contribution < -0.4 is 10.6 Å². The van der Waals surface area contributed by atoms with Crippen LogP contribution in [0.3, 0.4) is 0 Å². The van der Waals surface area contributed by atoms with Crippen LogP contribution in [0.5, 0.6) is 0 Å². The van der Waals surface area contributed by atoms with Gasteiger partial charge in [0, 0.05) is 17.3 Å². The van der Waals surface area contributed by atoms with Gasteiger partial charge >= 0.3 is 0 Å². The molecule has 2 N–H and O–H groups in total. The Morgan fingerprint density at radius 3 is 2.90 bits per heavy atom. The SMILES string of the molecule is C=C/C=C(\C=C)CN1C(=O)C(C)Cc2cc(N)ccc21. The van der Waals surface area contributed by atoms with Crippen molar-refractivity contribution < 1.29 is 4.79 Å². The zero-order chi connectivity index (χ0) is 14.7. The second-order valence-corrected chi connectivity index (χ2v) is 5.10. The first-order chi connectivity index (χ1) is 9.56. The second-order valence-electron chi connectivity index (χ2n) is 5.10. The zero-order valence-corrected chi connectivity index (χ0v) is 11.8. The molecule has 1 aromatic rings. The Morgan fingerprint density at radius 2 is 2.25 bits per heavy atom. The summed E-state index contributed by atoms with van der Waals surface area (Å²) in [4.78, 5) is 14.2. The number of hydrogen-bond acceptors (Lipinski definition) is 2. The number of fused-ring (bicyclic) bond motifs is 1. The fraction of sp³-hybridized carbons (Fsp3) is 0.235. The molecule has 0 spiro atoms. The lowest BCUT2D eigenvalue weighted by atomic mass is 9.92. The highest BCUT2D eigenvalue weighted by molar-refractivity contribution is 5.98. The molecule has 104 valence electrons. The highest BCUT2D eigenvalue weighted by Crippen LogP contribution is 2.32. The summed E-state index contributed by atoms with van der Waals surface area (Å²) in [5, 5.41) is 0. The lowest BCUT2D eigenvalue weighted by Gasteiger charge is -2.33. The van der Waals surface area contributed by atoms with Crippen LogP contribution in [0.2, 0.25) is 0 Å². The fourth-order valence-electron chi connectivity index (χ4n) is 2.52. The summed E-state index contributed by atoms with van der Waals surface area (Å²) in [6.07, 6.45) is 6.07. The maximum Gasteiger partial charge on any atom is 0.230 e. The molecule has 1 aliphatic rings. The van der Waals surface area contributed by atoms with E-state index < -0.39 is 0 Å². The summed E-state index contributed by atoms with van der Waals surface area (Å²) >= 11 is 0. The van der Waals surface area contributed by atoms with Crippen LogP contribution in [0.15, 0.2) is 55.2 Å². The summed E-state index contributed by atoms with van der Waals surface area (Å²) in [6.45, 7) is 9.93. The Balaban J connectivity index is 2.41. The lowest BCUT2D eigenvalue weighted by molar-refractivity contribution is -0.122. The van der Waals surface area contributed by atoms with Gasteiger partial charge in [-0.1, -0.05) is 38.3 Å². The van der Waals surface area contributed by atoms with Crippen molar-refractivity contribution in [3.05, 3.63) is 60.7 Å². The third-order valence-corrected chi connectivity index (χ3v) is 3.54. The number of nitrogens with zero attached hydrogens (tertiary/aromatic N) is 1. The predicted molar refractivity (Wildman–Crippen MR) is 84.6 cm³/mol. The first kappa shape index (κ1) is 14.1. The quantitative estimate of drug-likeness (QED) is 0.673. The average Bonchev–Trinajstić information content (AvgIpc) is 2.42. The normalized spacial score (nSPS) is 18.6. The lowest BCUT2D eigenvalue weighted by Crippen LogP contribution is -2.41. The van der Waals surface area contributed by atoms with Gasteiger partial charge in [-0.05, 0) is 35.8 Å². The van der Waals surface area contributed by atoms with E-state index in [1.54, 1.807) is 17.1 Å². The molecule has 20 heavy (non-hydrogen) atoms. The standard InChI is InChI=1S/C17H20N2O/c1-4-6-13(5-2)11-19-16-8-7-15(18)10-14(16)9-12(3)17(19)20/h4-8,10,12H,1-2,9,11,18H2,3H3/b13-6+. The number of anilines is 2. The van der Waals surface area contributed by atoms with Crippen LogP contribution in [0.4, 0.5) is 11.4 Å². The maximum atomic E-state index is 12.4. The largest absolute Gasteiger partial charge is 0.399 e. The van der Waals surface area contributed by atoms with Crippen LogP contribution in [0, 0.1) is 5.92 Å². The number of carbonyl (C=O) groups excluding carboxylic acids is 1. The number of hydrogen-bond donors (Lipinski definition) is 1. The van der Waals surface area contributed by atoms with Crippen molar-refractivity contribution in [1.82, 2.24) is 0 Å². The number of nitrogen functional groups attached to an aromatic ring is 1. The molecule has 3 nitrogen and oxygen atoms in total. The minimum absolute atomic E-state index is 0.0286.